The number of hydrogen-bond acceptors (Lipinski definition) is 1. The molecule has 0 aliphatic carbocycles. The average Bonchev–Trinajstić information content (AvgIpc) is 2.63. The van der Waals surface area contributed by atoms with Gasteiger partial charge in [0.1, 0.15) is 5.75 Å². The molecule has 0 heterocycles. The van der Waals surface area contributed by atoms with E-state index in [1.807, 2.05) is 39.8 Å². The van der Waals surface area contributed by atoms with Crippen molar-refractivity contribution in [2.75, 3.05) is 0 Å². The van der Waals surface area contributed by atoms with Crippen LogP contribution in [0.1, 0.15) is 112 Å². The summed E-state index contributed by atoms with van der Waals surface area (Å²) in [5, 5.41) is 9.34. The van der Waals surface area contributed by atoms with Crippen LogP contribution < -0.4 is 0 Å². The van der Waals surface area contributed by atoms with Gasteiger partial charge in [-0.15, -0.1) is 0 Å². The van der Waals surface area contributed by atoms with Crippen LogP contribution in [-0.2, 0) is 0 Å². The average molecular weight is 339 g/mol. The smallest absolute Gasteiger partial charge is 0.115 e. The third-order valence-corrected chi connectivity index (χ3v) is 3.77. The van der Waals surface area contributed by atoms with Crippen LogP contribution in [0.2, 0.25) is 0 Å². The van der Waals surface area contributed by atoms with Gasteiger partial charge in [0.2, 0.25) is 0 Å². The van der Waals surface area contributed by atoms with Crippen LogP contribution in [0.4, 0.5) is 0 Å². The molecule has 1 aromatic rings. The van der Waals surface area contributed by atoms with Gasteiger partial charge in [-0.1, -0.05) is 100 Å². The van der Waals surface area contributed by atoms with Crippen molar-refractivity contribution in [1.29, 1.82) is 0 Å². The lowest BCUT2D eigenvalue weighted by Crippen LogP contribution is -2.06. The molecule has 1 unspecified atom stereocenters. The highest BCUT2D eigenvalue weighted by Crippen LogP contribution is 2.31. The number of rotatable bonds is 7. The molecule has 1 heteroatoms. The third-order valence-electron chi connectivity index (χ3n) is 3.77. The lowest BCUT2D eigenvalue weighted by molar-refractivity contribution is 0.396. The number of phenolic OH excluding ortho intramolecular Hbond substituents is 1. The SMILES string of the molecule is CC.CC.CCC.CCCC(CC(CC)CC)c1ccc(O)cc1. The maximum Gasteiger partial charge on any atom is 0.115 e. The summed E-state index contributed by atoms with van der Waals surface area (Å²) in [6, 6.07) is 7.78. The van der Waals surface area contributed by atoms with Crippen molar-refractivity contribution < 1.29 is 5.11 Å². The van der Waals surface area contributed by atoms with Crippen LogP contribution in [0.15, 0.2) is 24.3 Å². The Morgan fingerprint density at radius 3 is 1.54 bits per heavy atom. The molecule has 0 aliphatic heterocycles. The van der Waals surface area contributed by atoms with E-state index in [9.17, 15) is 5.11 Å². The Balaban J connectivity index is -0.000000549. The summed E-state index contributed by atoms with van der Waals surface area (Å²) >= 11 is 0. The van der Waals surface area contributed by atoms with Crippen LogP contribution in [-0.4, -0.2) is 5.11 Å². The first-order chi connectivity index (χ1) is 11.6. The molecule has 1 rings (SSSR count). The van der Waals surface area contributed by atoms with Gasteiger partial charge < -0.3 is 5.11 Å². The van der Waals surface area contributed by atoms with Crippen molar-refractivity contribution in [3.8, 4) is 5.75 Å². The Labute approximate surface area is 153 Å². The Morgan fingerprint density at radius 2 is 1.21 bits per heavy atom. The van der Waals surface area contributed by atoms with Crippen LogP contribution in [0.25, 0.3) is 0 Å². The standard InChI is InChI=1S/C16H26O.C3H8.2C2H6/c1-4-7-15(12-13(5-2)6-3)14-8-10-16(17)11-9-14;1-3-2;2*1-2/h8-11,13,15,17H,4-7,12H2,1-3H3;3H2,1-2H3;2*1-2H3. The molecule has 0 aromatic heterocycles. The largest absolute Gasteiger partial charge is 0.508 e. The molecule has 1 atom stereocenters. The van der Waals surface area contributed by atoms with E-state index in [1.165, 1.54) is 44.1 Å². The van der Waals surface area contributed by atoms with Gasteiger partial charge >= 0.3 is 0 Å². The van der Waals surface area contributed by atoms with Gasteiger partial charge in [-0.05, 0) is 42.4 Å². The quantitative estimate of drug-likeness (QED) is 0.527. The molecule has 0 bridgehead atoms. The second kappa shape index (κ2) is 22.0. The summed E-state index contributed by atoms with van der Waals surface area (Å²) in [7, 11) is 0. The second-order valence-electron chi connectivity index (χ2n) is 5.70. The normalized spacial score (nSPS) is 10.4. The number of benzene rings is 1. The predicted molar refractivity (Wildman–Crippen MR) is 113 cm³/mol. The minimum absolute atomic E-state index is 0.367. The van der Waals surface area contributed by atoms with Gasteiger partial charge in [0, 0.05) is 0 Å². The summed E-state index contributed by atoms with van der Waals surface area (Å²) in [4.78, 5) is 0. The van der Waals surface area contributed by atoms with E-state index in [1.54, 1.807) is 0 Å². The Morgan fingerprint density at radius 1 is 0.792 bits per heavy atom. The van der Waals surface area contributed by atoms with Crippen molar-refractivity contribution >= 4 is 0 Å². The van der Waals surface area contributed by atoms with Crippen LogP contribution >= 0.6 is 0 Å². The summed E-state index contributed by atoms with van der Waals surface area (Å²) in [5.74, 6) is 1.86. The van der Waals surface area contributed by atoms with Crippen molar-refractivity contribution in [3.63, 3.8) is 0 Å². The Bertz CT molecular complexity index is 311. The van der Waals surface area contributed by atoms with E-state index < -0.39 is 0 Å². The van der Waals surface area contributed by atoms with Crippen LogP contribution in [0.5, 0.6) is 5.75 Å². The molecule has 1 N–H and O–H groups in total. The molecule has 0 saturated carbocycles. The molecule has 1 nitrogen and oxygen atoms in total. The van der Waals surface area contributed by atoms with Crippen LogP contribution in [0.3, 0.4) is 0 Å². The maximum atomic E-state index is 9.34. The summed E-state index contributed by atoms with van der Waals surface area (Å²) in [6.07, 6.45) is 7.56. The molecule has 0 amide bonds. The zero-order valence-corrected chi connectivity index (χ0v) is 18.2. The predicted octanol–water partition coefficient (Wildman–Crippen LogP) is 8.57. The fourth-order valence-corrected chi connectivity index (χ4v) is 2.54. The van der Waals surface area contributed by atoms with Crippen LogP contribution in [0, 0.1) is 5.92 Å². The van der Waals surface area contributed by atoms with Gasteiger partial charge in [0.15, 0.2) is 0 Å². The molecule has 0 saturated heterocycles. The zero-order chi connectivity index (χ0) is 19.4. The van der Waals surface area contributed by atoms with Crippen molar-refractivity contribution in [1.82, 2.24) is 0 Å². The van der Waals surface area contributed by atoms with E-state index in [2.05, 4.69) is 46.8 Å². The number of phenols is 1. The maximum absolute atomic E-state index is 9.34. The molecule has 0 aliphatic rings. The highest BCUT2D eigenvalue weighted by atomic mass is 16.3. The fraction of sp³-hybridized carbons (Fsp3) is 0.739. The third kappa shape index (κ3) is 14.6. The summed E-state index contributed by atoms with van der Waals surface area (Å²) in [6.45, 7) is 19.1. The molecular weight excluding hydrogens is 292 g/mol. The molecule has 1 aromatic carbocycles. The minimum atomic E-state index is 0.367. The van der Waals surface area contributed by atoms with E-state index in [0.717, 1.165) is 5.92 Å². The first-order valence-electron chi connectivity index (χ1n) is 10.4. The number of hydrogen-bond donors (Lipinski definition) is 1. The summed E-state index contributed by atoms with van der Waals surface area (Å²) in [5.41, 5.74) is 1.39. The molecular formula is C23H46O. The molecule has 0 fully saturated rings. The fourth-order valence-electron chi connectivity index (χ4n) is 2.54. The van der Waals surface area contributed by atoms with E-state index >= 15 is 0 Å². The Hall–Kier alpha value is -0.980. The topological polar surface area (TPSA) is 20.2 Å². The van der Waals surface area contributed by atoms with Gasteiger partial charge in [-0.25, -0.2) is 0 Å². The number of aromatic hydroxyl groups is 1. The molecule has 0 spiro atoms. The van der Waals surface area contributed by atoms with Crippen molar-refractivity contribution in [2.24, 2.45) is 5.92 Å². The van der Waals surface area contributed by atoms with Gasteiger partial charge in [0.05, 0.1) is 0 Å². The lowest BCUT2D eigenvalue weighted by atomic mass is 9.84. The highest BCUT2D eigenvalue weighted by molar-refractivity contribution is 5.28. The minimum Gasteiger partial charge on any atom is -0.508 e. The highest BCUT2D eigenvalue weighted by Gasteiger charge is 2.15. The monoisotopic (exact) mass is 338 g/mol. The van der Waals surface area contributed by atoms with E-state index in [0.29, 0.717) is 11.7 Å². The van der Waals surface area contributed by atoms with E-state index in [4.69, 9.17) is 0 Å². The van der Waals surface area contributed by atoms with Crippen molar-refractivity contribution in [2.45, 2.75) is 107 Å². The molecule has 24 heavy (non-hydrogen) atoms. The second-order valence-corrected chi connectivity index (χ2v) is 5.70. The van der Waals surface area contributed by atoms with Gasteiger partial charge in [-0.3, -0.25) is 0 Å². The first kappa shape index (κ1) is 27.8. The molecule has 144 valence electrons. The van der Waals surface area contributed by atoms with Gasteiger partial charge in [-0.2, -0.15) is 0 Å². The summed E-state index contributed by atoms with van der Waals surface area (Å²) < 4.78 is 0. The van der Waals surface area contributed by atoms with E-state index in [-0.39, 0.29) is 0 Å². The van der Waals surface area contributed by atoms with Crippen molar-refractivity contribution in [3.05, 3.63) is 29.8 Å². The zero-order valence-electron chi connectivity index (χ0n) is 18.2. The Kier molecular flexibility index (Phi) is 25.6. The molecule has 0 radical (unpaired) electrons. The lowest BCUT2D eigenvalue weighted by Gasteiger charge is -2.22. The van der Waals surface area contributed by atoms with Gasteiger partial charge in [0.25, 0.3) is 0 Å². The first-order valence-corrected chi connectivity index (χ1v) is 10.4.